The molecule has 96 valence electrons. The molecule has 0 unspecified atom stereocenters. The van der Waals surface area contributed by atoms with Gasteiger partial charge in [-0.15, -0.1) is 0 Å². The number of halogens is 1. The molecule has 0 aliphatic heterocycles. The number of benzene rings is 1. The molecule has 0 spiro atoms. The number of nitrogens with two attached hydrogens (primary N) is 1. The molecular formula is C10H15BrN2O3S. The molecule has 1 aromatic rings. The molecule has 0 aliphatic rings. The number of nitrogen functional groups attached to an aromatic ring is 1. The van der Waals surface area contributed by atoms with Gasteiger partial charge in [0.15, 0.2) is 0 Å². The van der Waals surface area contributed by atoms with Gasteiger partial charge < -0.3 is 10.5 Å². The standard InChI is InChI=1S/C10H15BrN2O3S/c1-2-16-6-5-13-17(14,15)10-4-3-8(11)7-9(10)12/h3-4,7,13H,2,5-6,12H2,1H3. The third-order valence-corrected chi connectivity index (χ3v) is 4.03. The first kappa shape index (κ1) is 14.4. The second kappa shape index (κ2) is 6.34. The van der Waals surface area contributed by atoms with Crippen LogP contribution in [0.5, 0.6) is 0 Å². The van der Waals surface area contributed by atoms with Crippen molar-refractivity contribution in [1.82, 2.24) is 4.72 Å². The minimum absolute atomic E-state index is 0.0807. The summed E-state index contributed by atoms with van der Waals surface area (Å²) in [7, 11) is -3.56. The molecular weight excluding hydrogens is 308 g/mol. The maximum Gasteiger partial charge on any atom is 0.242 e. The highest BCUT2D eigenvalue weighted by molar-refractivity contribution is 9.10. The molecule has 0 heterocycles. The van der Waals surface area contributed by atoms with Crippen LogP contribution in [-0.4, -0.2) is 28.2 Å². The molecule has 0 atom stereocenters. The van der Waals surface area contributed by atoms with Crippen LogP contribution in [0.25, 0.3) is 0 Å². The van der Waals surface area contributed by atoms with Gasteiger partial charge in [-0.05, 0) is 25.1 Å². The SMILES string of the molecule is CCOCCNS(=O)(=O)c1ccc(Br)cc1N. The highest BCUT2D eigenvalue weighted by atomic mass is 79.9. The van der Waals surface area contributed by atoms with E-state index in [1.165, 1.54) is 6.07 Å². The van der Waals surface area contributed by atoms with E-state index in [4.69, 9.17) is 10.5 Å². The quantitative estimate of drug-likeness (QED) is 0.611. The van der Waals surface area contributed by atoms with Crippen LogP contribution in [0.1, 0.15) is 6.92 Å². The van der Waals surface area contributed by atoms with E-state index in [0.29, 0.717) is 13.2 Å². The molecule has 0 radical (unpaired) electrons. The van der Waals surface area contributed by atoms with Crippen molar-refractivity contribution in [3.63, 3.8) is 0 Å². The predicted molar refractivity (Wildman–Crippen MR) is 70.2 cm³/mol. The number of nitrogens with one attached hydrogen (secondary N) is 1. The molecule has 0 saturated carbocycles. The Hall–Kier alpha value is -0.630. The van der Waals surface area contributed by atoms with E-state index in [-0.39, 0.29) is 17.1 Å². The predicted octanol–water partition coefficient (Wildman–Crippen LogP) is 1.35. The topological polar surface area (TPSA) is 81.4 Å². The Labute approximate surface area is 110 Å². The van der Waals surface area contributed by atoms with Crippen molar-refractivity contribution >= 4 is 31.6 Å². The maximum absolute atomic E-state index is 11.9. The third kappa shape index (κ3) is 4.27. The Morgan fingerprint density at radius 3 is 2.76 bits per heavy atom. The summed E-state index contributed by atoms with van der Waals surface area (Å²) in [6.45, 7) is 2.97. The highest BCUT2D eigenvalue weighted by Gasteiger charge is 2.16. The van der Waals surface area contributed by atoms with E-state index in [1.54, 1.807) is 12.1 Å². The Balaban J connectivity index is 2.76. The summed E-state index contributed by atoms with van der Waals surface area (Å²) in [6, 6.07) is 4.65. The summed E-state index contributed by atoms with van der Waals surface area (Å²) < 4.78 is 31.9. The number of sulfonamides is 1. The average Bonchev–Trinajstić information content (AvgIpc) is 2.24. The zero-order valence-corrected chi connectivity index (χ0v) is 11.8. The number of hydrogen-bond acceptors (Lipinski definition) is 4. The number of hydrogen-bond donors (Lipinski definition) is 2. The average molecular weight is 323 g/mol. The van der Waals surface area contributed by atoms with Gasteiger partial charge in [0.25, 0.3) is 0 Å². The molecule has 0 aliphatic carbocycles. The lowest BCUT2D eigenvalue weighted by Crippen LogP contribution is -2.28. The summed E-state index contributed by atoms with van der Waals surface area (Å²) >= 11 is 3.22. The summed E-state index contributed by atoms with van der Waals surface area (Å²) in [6.07, 6.45) is 0. The van der Waals surface area contributed by atoms with Crippen LogP contribution in [0.2, 0.25) is 0 Å². The van der Waals surface area contributed by atoms with Crippen LogP contribution in [0.3, 0.4) is 0 Å². The molecule has 17 heavy (non-hydrogen) atoms. The first-order valence-corrected chi connectivity index (χ1v) is 7.37. The van der Waals surface area contributed by atoms with Crippen LogP contribution in [0.4, 0.5) is 5.69 Å². The Morgan fingerprint density at radius 1 is 1.47 bits per heavy atom. The number of anilines is 1. The Morgan fingerprint density at radius 2 is 2.18 bits per heavy atom. The lowest BCUT2D eigenvalue weighted by molar-refractivity contribution is 0.153. The fourth-order valence-corrected chi connectivity index (χ4v) is 2.74. The second-order valence-electron chi connectivity index (χ2n) is 3.28. The number of ether oxygens (including phenoxy) is 1. The lowest BCUT2D eigenvalue weighted by Gasteiger charge is -2.09. The highest BCUT2D eigenvalue weighted by Crippen LogP contribution is 2.22. The lowest BCUT2D eigenvalue weighted by atomic mass is 10.3. The second-order valence-corrected chi connectivity index (χ2v) is 5.93. The molecule has 0 aromatic heterocycles. The van der Waals surface area contributed by atoms with Crippen molar-refractivity contribution in [3.8, 4) is 0 Å². The minimum Gasteiger partial charge on any atom is -0.398 e. The Kier molecular flexibility index (Phi) is 5.38. The zero-order chi connectivity index (χ0) is 12.9. The van der Waals surface area contributed by atoms with Gasteiger partial charge in [0.05, 0.1) is 12.3 Å². The summed E-state index contributed by atoms with van der Waals surface area (Å²) in [4.78, 5) is 0.0807. The maximum atomic E-state index is 11.9. The van der Waals surface area contributed by atoms with Gasteiger partial charge in [-0.1, -0.05) is 15.9 Å². The zero-order valence-electron chi connectivity index (χ0n) is 9.44. The first-order chi connectivity index (χ1) is 7.97. The van der Waals surface area contributed by atoms with Crippen LogP contribution in [0.15, 0.2) is 27.6 Å². The molecule has 7 heteroatoms. The Bertz CT molecular complexity index is 476. The molecule has 0 fully saturated rings. The fraction of sp³-hybridized carbons (Fsp3) is 0.400. The van der Waals surface area contributed by atoms with Crippen LogP contribution < -0.4 is 10.5 Å². The van der Waals surface area contributed by atoms with Gasteiger partial charge >= 0.3 is 0 Å². The summed E-state index contributed by atoms with van der Waals surface area (Å²) in [5.41, 5.74) is 5.87. The largest absolute Gasteiger partial charge is 0.398 e. The summed E-state index contributed by atoms with van der Waals surface area (Å²) in [5.74, 6) is 0. The molecule has 1 rings (SSSR count). The van der Waals surface area contributed by atoms with Gasteiger partial charge in [0.2, 0.25) is 10.0 Å². The van der Waals surface area contributed by atoms with Gasteiger partial charge in [0, 0.05) is 17.6 Å². The van der Waals surface area contributed by atoms with E-state index >= 15 is 0 Å². The van der Waals surface area contributed by atoms with E-state index < -0.39 is 10.0 Å². The molecule has 3 N–H and O–H groups in total. The number of rotatable bonds is 6. The van der Waals surface area contributed by atoms with Crippen LogP contribution in [0, 0.1) is 0 Å². The van der Waals surface area contributed by atoms with Crippen molar-refractivity contribution in [2.75, 3.05) is 25.5 Å². The van der Waals surface area contributed by atoms with Crippen LogP contribution >= 0.6 is 15.9 Å². The molecule has 0 bridgehead atoms. The summed E-state index contributed by atoms with van der Waals surface area (Å²) in [5, 5.41) is 0. The van der Waals surface area contributed by atoms with Gasteiger partial charge in [-0.25, -0.2) is 13.1 Å². The van der Waals surface area contributed by atoms with Crippen molar-refractivity contribution in [3.05, 3.63) is 22.7 Å². The van der Waals surface area contributed by atoms with Crippen molar-refractivity contribution in [1.29, 1.82) is 0 Å². The van der Waals surface area contributed by atoms with Crippen molar-refractivity contribution in [2.24, 2.45) is 0 Å². The fourth-order valence-electron chi connectivity index (χ4n) is 1.23. The van der Waals surface area contributed by atoms with E-state index in [2.05, 4.69) is 20.7 Å². The minimum atomic E-state index is -3.56. The van der Waals surface area contributed by atoms with Crippen molar-refractivity contribution < 1.29 is 13.2 Å². The monoisotopic (exact) mass is 322 g/mol. The third-order valence-electron chi connectivity index (χ3n) is 2.00. The molecule has 0 saturated heterocycles. The van der Waals surface area contributed by atoms with Gasteiger partial charge in [-0.2, -0.15) is 0 Å². The van der Waals surface area contributed by atoms with Gasteiger partial charge in [-0.3, -0.25) is 0 Å². The van der Waals surface area contributed by atoms with Crippen LogP contribution in [-0.2, 0) is 14.8 Å². The normalized spacial score (nSPS) is 11.6. The first-order valence-electron chi connectivity index (χ1n) is 5.10. The molecule has 1 aromatic carbocycles. The van der Waals surface area contributed by atoms with E-state index in [0.717, 1.165) is 4.47 Å². The van der Waals surface area contributed by atoms with E-state index in [1.807, 2.05) is 6.92 Å². The van der Waals surface area contributed by atoms with Crippen molar-refractivity contribution in [2.45, 2.75) is 11.8 Å². The smallest absolute Gasteiger partial charge is 0.242 e. The van der Waals surface area contributed by atoms with Gasteiger partial charge in [0.1, 0.15) is 4.90 Å². The van der Waals surface area contributed by atoms with E-state index in [9.17, 15) is 8.42 Å². The molecule has 5 nitrogen and oxygen atoms in total. The molecule has 0 amide bonds.